The molecule has 2 aromatic carbocycles. The molecule has 3 amide bonds. The van der Waals surface area contributed by atoms with Crippen LogP contribution in [0.3, 0.4) is 0 Å². The fourth-order valence-electron chi connectivity index (χ4n) is 3.73. The van der Waals surface area contributed by atoms with Crippen LogP contribution in [0.1, 0.15) is 35.7 Å². The third kappa shape index (κ3) is 4.21. The molecule has 0 radical (unpaired) electrons. The van der Waals surface area contributed by atoms with Crippen molar-refractivity contribution in [2.45, 2.75) is 32.4 Å². The molecule has 1 atom stereocenters. The number of carbonyl (C=O) groups is 3. The van der Waals surface area contributed by atoms with Gasteiger partial charge in [0.25, 0.3) is 11.1 Å². The van der Waals surface area contributed by atoms with Crippen LogP contribution in [0.4, 0.5) is 10.5 Å². The molecule has 0 bridgehead atoms. The van der Waals surface area contributed by atoms with Gasteiger partial charge in [-0.25, -0.2) is 0 Å². The summed E-state index contributed by atoms with van der Waals surface area (Å²) in [5, 5.41) is -0.237. The third-order valence-electron chi connectivity index (χ3n) is 5.64. The minimum absolute atomic E-state index is 0.0766. The highest BCUT2D eigenvalue weighted by molar-refractivity contribution is 8.14. The van der Waals surface area contributed by atoms with Crippen molar-refractivity contribution >= 4 is 34.5 Å². The van der Waals surface area contributed by atoms with E-state index in [9.17, 15) is 14.4 Å². The van der Waals surface area contributed by atoms with E-state index in [2.05, 4.69) is 6.92 Å². The zero-order valence-corrected chi connectivity index (χ0v) is 17.9. The van der Waals surface area contributed by atoms with Crippen LogP contribution in [-0.2, 0) is 11.3 Å². The Morgan fingerprint density at radius 2 is 1.93 bits per heavy atom. The first-order valence-corrected chi connectivity index (χ1v) is 11.0. The maximum absolute atomic E-state index is 13.5. The summed E-state index contributed by atoms with van der Waals surface area (Å²) in [4.78, 5) is 40.4. The fraction of sp³-hybridized carbons (Fsp3) is 0.348. The average Bonchev–Trinajstić information content (AvgIpc) is 3.57. The van der Waals surface area contributed by atoms with Crippen molar-refractivity contribution in [3.05, 3.63) is 59.7 Å². The molecule has 1 heterocycles. The number of hydrogen-bond acceptors (Lipinski definition) is 5. The number of benzene rings is 2. The van der Waals surface area contributed by atoms with E-state index in [1.54, 1.807) is 25.3 Å². The van der Waals surface area contributed by atoms with Crippen LogP contribution in [0, 0.1) is 5.92 Å². The van der Waals surface area contributed by atoms with Gasteiger partial charge in [0.1, 0.15) is 5.75 Å². The number of methoxy groups -OCH3 is 1. The molecule has 0 spiro atoms. The van der Waals surface area contributed by atoms with Crippen molar-refractivity contribution in [2.24, 2.45) is 5.92 Å². The Bertz CT molecular complexity index is 955. The number of rotatable bonds is 7. The summed E-state index contributed by atoms with van der Waals surface area (Å²) < 4.78 is 5.25. The number of ether oxygens (including phenoxy) is 1. The molecule has 0 N–H and O–H groups in total. The SMILES string of the molecule is COc1ccc(N(C(=O)c2cccc(CN3C(=O)CSC3=O)c2)C(C)C2CC2)cc1. The summed E-state index contributed by atoms with van der Waals surface area (Å²) in [6, 6.07) is 14.8. The van der Waals surface area contributed by atoms with E-state index in [1.165, 1.54) is 4.90 Å². The second kappa shape index (κ2) is 8.52. The first kappa shape index (κ1) is 20.5. The van der Waals surface area contributed by atoms with Gasteiger partial charge in [0.05, 0.1) is 19.4 Å². The Morgan fingerprint density at radius 1 is 1.20 bits per heavy atom. The van der Waals surface area contributed by atoms with Crippen molar-refractivity contribution in [3.8, 4) is 5.75 Å². The Labute approximate surface area is 180 Å². The fourth-order valence-corrected chi connectivity index (χ4v) is 4.45. The lowest BCUT2D eigenvalue weighted by molar-refractivity contribution is -0.125. The molecule has 1 aliphatic heterocycles. The largest absolute Gasteiger partial charge is 0.497 e. The molecular formula is C23H24N2O4S. The summed E-state index contributed by atoms with van der Waals surface area (Å²) >= 11 is 1.01. The number of imide groups is 1. The second-order valence-electron chi connectivity index (χ2n) is 7.69. The lowest BCUT2D eigenvalue weighted by atomic mass is 10.1. The average molecular weight is 425 g/mol. The molecule has 2 fully saturated rings. The summed E-state index contributed by atoms with van der Waals surface area (Å²) in [5.74, 6) is 1.14. The molecule has 7 heteroatoms. The number of thioether (sulfide) groups is 1. The van der Waals surface area contributed by atoms with Crippen molar-refractivity contribution in [3.63, 3.8) is 0 Å². The standard InChI is InChI=1S/C23H24N2O4S/c1-15(17-6-7-17)25(19-8-10-20(29-2)11-9-19)22(27)18-5-3-4-16(12-18)13-24-21(26)14-30-23(24)28/h3-5,8-12,15,17H,6-7,13-14H2,1-2H3. The minimum atomic E-state index is -0.237. The van der Waals surface area contributed by atoms with E-state index >= 15 is 0 Å². The highest BCUT2D eigenvalue weighted by Gasteiger charge is 2.36. The van der Waals surface area contributed by atoms with Crippen LogP contribution in [0.5, 0.6) is 5.75 Å². The summed E-state index contributed by atoms with van der Waals surface area (Å²) in [6.45, 7) is 2.27. The molecule has 30 heavy (non-hydrogen) atoms. The van der Waals surface area contributed by atoms with Crippen LogP contribution in [0.25, 0.3) is 0 Å². The van der Waals surface area contributed by atoms with Crippen LogP contribution in [0.2, 0.25) is 0 Å². The van der Waals surface area contributed by atoms with Gasteiger partial charge in [-0.15, -0.1) is 0 Å². The molecular weight excluding hydrogens is 400 g/mol. The maximum atomic E-state index is 13.5. The first-order valence-electron chi connectivity index (χ1n) is 10.0. The van der Waals surface area contributed by atoms with Crippen LogP contribution >= 0.6 is 11.8 Å². The summed E-state index contributed by atoms with van der Waals surface area (Å²) in [6.07, 6.45) is 2.25. The molecule has 1 saturated heterocycles. The maximum Gasteiger partial charge on any atom is 0.289 e. The predicted octanol–water partition coefficient (Wildman–Crippen LogP) is 4.34. The zero-order chi connectivity index (χ0) is 21.3. The molecule has 1 aliphatic carbocycles. The van der Waals surface area contributed by atoms with Crippen molar-refractivity contribution in [1.82, 2.24) is 4.90 Å². The molecule has 156 valence electrons. The molecule has 0 aromatic heterocycles. The van der Waals surface area contributed by atoms with Gasteiger partial charge in [-0.05, 0) is 67.6 Å². The van der Waals surface area contributed by atoms with Crippen molar-refractivity contribution in [1.29, 1.82) is 0 Å². The van der Waals surface area contributed by atoms with Gasteiger partial charge < -0.3 is 9.64 Å². The Hall–Kier alpha value is -2.80. The minimum Gasteiger partial charge on any atom is -0.497 e. The highest BCUT2D eigenvalue weighted by Crippen LogP contribution is 2.38. The van der Waals surface area contributed by atoms with Gasteiger partial charge in [-0.2, -0.15) is 0 Å². The predicted molar refractivity (Wildman–Crippen MR) is 117 cm³/mol. The number of hydrogen-bond donors (Lipinski definition) is 0. The Balaban J connectivity index is 1.60. The topological polar surface area (TPSA) is 66.9 Å². The number of carbonyl (C=O) groups excluding carboxylic acids is 3. The van der Waals surface area contributed by atoms with Gasteiger partial charge in [-0.1, -0.05) is 23.9 Å². The van der Waals surface area contributed by atoms with E-state index < -0.39 is 0 Å². The molecule has 4 rings (SSSR count). The summed E-state index contributed by atoms with van der Waals surface area (Å²) in [5.41, 5.74) is 2.13. The monoisotopic (exact) mass is 424 g/mol. The Morgan fingerprint density at radius 3 is 2.53 bits per heavy atom. The Kier molecular flexibility index (Phi) is 5.81. The number of anilines is 1. The molecule has 6 nitrogen and oxygen atoms in total. The van der Waals surface area contributed by atoms with Gasteiger partial charge >= 0.3 is 0 Å². The van der Waals surface area contributed by atoms with Crippen molar-refractivity contribution in [2.75, 3.05) is 17.8 Å². The summed E-state index contributed by atoms with van der Waals surface area (Å²) in [7, 11) is 1.62. The first-order chi connectivity index (χ1) is 14.5. The third-order valence-corrected chi connectivity index (χ3v) is 6.49. The lowest BCUT2D eigenvalue weighted by Crippen LogP contribution is -2.40. The van der Waals surface area contributed by atoms with E-state index in [0.717, 1.165) is 41.6 Å². The number of amides is 3. The molecule has 1 saturated carbocycles. The number of nitrogens with zero attached hydrogens (tertiary/aromatic N) is 2. The van der Waals surface area contributed by atoms with Crippen LogP contribution < -0.4 is 9.64 Å². The molecule has 1 unspecified atom stereocenters. The normalized spacial score (nSPS) is 17.2. The van der Waals surface area contributed by atoms with Gasteiger partial charge in [0.2, 0.25) is 5.91 Å². The smallest absolute Gasteiger partial charge is 0.289 e. The second-order valence-corrected chi connectivity index (χ2v) is 8.61. The van der Waals surface area contributed by atoms with Gasteiger partial charge in [-0.3, -0.25) is 19.3 Å². The molecule has 2 aliphatic rings. The van der Waals surface area contributed by atoms with Crippen molar-refractivity contribution < 1.29 is 19.1 Å². The highest BCUT2D eigenvalue weighted by atomic mass is 32.2. The van der Waals surface area contributed by atoms with E-state index in [4.69, 9.17) is 4.74 Å². The zero-order valence-electron chi connectivity index (χ0n) is 17.0. The van der Waals surface area contributed by atoms with Crippen LogP contribution in [0.15, 0.2) is 48.5 Å². The van der Waals surface area contributed by atoms with E-state index in [0.29, 0.717) is 11.5 Å². The lowest BCUT2D eigenvalue weighted by Gasteiger charge is -2.30. The van der Waals surface area contributed by atoms with E-state index in [-0.39, 0.29) is 35.4 Å². The molecule has 2 aromatic rings. The van der Waals surface area contributed by atoms with Gasteiger partial charge in [0, 0.05) is 17.3 Å². The van der Waals surface area contributed by atoms with Crippen LogP contribution in [-0.4, -0.2) is 40.9 Å². The van der Waals surface area contributed by atoms with E-state index in [1.807, 2.05) is 35.2 Å². The quantitative estimate of drug-likeness (QED) is 0.662. The van der Waals surface area contributed by atoms with Gasteiger partial charge in [0.15, 0.2) is 0 Å².